The van der Waals surface area contributed by atoms with Crippen LogP contribution in [0.3, 0.4) is 0 Å². The molecule has 0 radical (unpaired) electrons. The van der Waals surface area contributed by atoms with E-state index in [2.05, 4.69) is 15.9 Å². The van der Waals surface area contributed by atoms with Crippen LogP contribution >= 0.6 is 27.3 Å². The lowest BCUT2D eigenvalue weighted by Gasteiger charge is -2.07. The summed E-state index contributed by atoms with van der Waals surface area (Å²) in [6.45, 7) is 0. The van der Waals surface area contributed by atoms with Crippen LogP contribution < -0.4 is 5.73 Å². The minimum absolute atomic E-state index is 0.143. The summed E-state index contributed by atoms with van der Waals surface area (Å²) in [5.74, 6) is 0.143. The predicted molar refractivity (Wildman–Crippen MR) is 63.3 cm³/mol. The molecule has 0 aliphatic carbocycles. The number of thiophene rings is 1. The molecule has 3 nitrogen and oxygen atoms in total. The number of halogens is 1. The van der Waals surface area contributed by atoms with Gasteiger partial charge in [0.05, 0.1) is 9.54 Å². The maximum atomic E-state index is 10.9. The standard InChI is InChI=1S/C8H12BrNO2S2/c1-14(11,12)5-4-6(10)7-2-3-8(9)13-7/h2-3,6H,4-5,10H2,1H3. The number of nitrogens with two attached hydrogens (primary N) is 1. The van der Waals surface area contributed by atoms with Crippen LogP contribution in [0.1, 0.15) is 17.3 Å². The molecule has 2 N–H and O–H groups in total. The van der Waals surface area contributed by atoms with Gasteiger partial charge in [0.15, 0.2) is 0 Å². The van der Waals surface area contributed by atoms with Crippen LogP contribution in [0.5, 0.6) is 0 Å². The van der Waals surface area contributed by atoms with E-state index in [4.69, 9.17) is 5.73 Å². The van der Waals surface area contributed by atoms with Crippen LogP contribution in [0.2, 0.25) is 0 Å². The zero-order valence-corrected chi connectivity index (χ0v) is 11.0. The molecule has 1 unspecified atom stereocenters. The molecule has 0 amide bonds. The van der Waals surface area contributed by atoms with Crippen molar-refractivity contribution in [2.24, 2.45) is 5.73 Å². The molecule has 6 heteroatoms. The maximum absolute atomic E-state index is 10.9. The van der Waals surface area contributed by atoms with E-state index in [0.717, 1.165) is 8.66 Å². The van der Waals surface area contributed by atoms with Crippen LogP contribution in [0.25, 0.3) is 0 Å². The largest absolute Gasteiger partial charge is 0.323 e. The van der Waals surface area contributed by atoms with E-state index >= 15 is 0 Å². The minimum Gasteiger partial charge on any atom is -0.323 e. The van der Waals surface area contributed by atoms with Crippen LogP contribution in [-0.2, 0) is 9.84 Å². The molecule has 0 saturated carbocycles. The molecule has 80 valence electrons. The average molecular weight is 298 g/mol. The first kappa shape index (κ1) is 12.2. The first-order valence-corrected chi connectivity index (χ1v) is 7.74. The Morgan fingerprint density at radius 1 is 1.57 bits per heavy atom. The van der Waals surface area contributed by atoms with Gasteiger partial charge in [-0.05, 0) is 34.5 Å². The summed E-state index contributed by atoms with van der Waals surface area (Å²) in [4.78, 5) is 1.01. The van der Waals surface area contributed by atoms with Crippen LogP contribution in [0.4, 0.5) is 0 Å². The summed E-state index contributed by atoms with van der Waals surface area (Å²) in [6, 6.07) is 3.66. The van der Waals surface area contributed by atoms with E-state index in [1.807, 2.05) is 12.1 Å². The van der Waals surface area contributed by atoms with Gasteiger partial charge in [0.25, 0.3) is 0 Å². The fraction of sp³-hybridized carbons (Fsp3) is 0.500. The summed E-state index contributed by atoms with van der Waals surface area (Å²) in [5, 5.41) is 0. The normalized spacial score (nSPS) is 14.2. The second-order valence-corrected chi connectivity index (χ2v) is 7.92. The van der Waals surface area contributed by atoms with Crippen molar-refractivity contribution in [1.82, 2.24) is 0 Å². The van der Waals surface area contributed by atoms with Gasteiger partial charge in [0, 0.05) is 17.2 Å². The molecule has 0 spiro atoms. The Bertz CT molecular complexity index is 399. The summed E-state index contributed by atoms with van der Waals surface area (Å²) in [5.41, 5.74) is 5.84. The molecular weight excluding hydrogens is 286 g/mol. The minimum atomic E-state index is -2.91. The molecule has 0 fully saturated rings. The van der Waals surface area contributed by atoms with Crippen LogP contribution in [-0.4, -0.2) is 20.4 Å². The zero-order chi connectivity index (χ0) is 10.8. The topological polar surface area (TPSA) is 60.2 Å². The van der Waals surface area contributed by atoms with Crippen LogP contribution in [0, 0.1) is 0 Å². The first-order valence-electron chi connectivity index (χ1n) is 4.07. The molecule has 0 aliphatic heterocycles. The lowest BCUT2D eigenvalue weighted by Crippen LogP contribution is -2.14. The predicted octanol–water partition coefficient (Wildman–Crippen LogP) is 1.95. The molecule has 1 aromatic heterocycles. The van der Waals surface area contributed by atoms with Crippen molar-refractivity contribution in [3.8, 4) is 0 Å². The molecular formula is C8H12BrNO2S2. The molecule has 1 atom stereocenters. The Kier molecular flexibility index (Phi) is 4.12. The van der Waals surface area contributed by atoms with Gasteiger partial charge in [0.2, 0.25) is 0 Å². The summed E-state index contributed by atoms with van der Waals surface area (Å²) in [7, 11) is -2.91. The van der Waals surface area contributed by atoms with Crippen LogP contribution in [0.15, 0.2) is 15.9 Å². The highest BCUT2D eigenvalue weighted by molar-refractivity contribution is 9.11. The molecule has 0 bridgehead atoms. The molecule has 0 aromatic carbocycles. The molecule has 0 aliphatic rings. The highest BCUT2D eigenvalue weighted by atomic mass is 79.9. The zero-order valence-electron chi connectivity index (χ0n) is 7.73. The third-order valence-corrected chi connectivity index (χ3v) is 4.49. The Morgan fingerprint density at radius 2 is 2.21 bits per heavy atom. The Labute approximate surface area is 96.4 Å². The van der Waals surface area contributed by atoms with E-state index < -0.39 is 9.84 Å². The van der Waals surface area contributed by atoms with E-state index in [1.54, 1.807) is 11.3 Å². The second kappa shape index (κ2) is 4.74. The molecule has 1 aromatic rings. The molecule has 0 saturated heterocycles. The van der Waals surface area contributed by atoms with Gasteiger partial charge >= 0.3 is 0 Å². The number of rotatable bonds is 4. The van der Waals surface area contributed by atoms with Gasteiger partial charge < -0.3 is 5.73 Å². The van der Waals surface area contributed by atoms with E-state index in [-0.39, 0.29) is 11.8 Å². The van der Waals surface area contributed by atoms with Gasteiger partial charge in [-0.1, -0.05) is 0 Å². The van der Waals surface area contributed by atoms with Gasteiger partial charge in [-0.25, -0.2) is 8.42 Å². The van der Waals surface area contributed by atoms with Crippen molar-refractivity contribution in [2.75, 3.05) is 12.0 Å². The lowest BCUT2D eigenvalue weighted by molar-refractivity contribution is 0.592. The maximum Gasteiger partial charge on any atom is 0.147 e. The molecule has 1 rings (SSSR count). The fourth-order valence-corrected chi connectivity index (χ4v) is 3.15. The van der Waals surface area contributed by atoms with Gasteiger partial charge in [-0.2, -0.15) is 0 Å². The summed E-state index contributed by atoms with van der Waals surface area (Å²) in [6.07, 6.45) is 1.70. The third-order valence-electron chi connectivity index (χ3n) is 1.76. The van der Waals surface area contributed by atoms with Gasteiger partial charge in [0.1, 0.15) is 9.84 Å². The highest BCUT2D eigenvalue weighted by Gasteiger charge is 2.11. The van der Waals surface area contributed by atoms with E-state index in [0.29, 0.717) is 6.42 Å². The van der Waals surface area contributed by atoms with E-state index in [9.17, 15) is 8.42 Å². The molecule has 1 heterocycles. The monoisotopic (exact) mass is 297 g/mol. The number of hydrogen-bond acceptors (Lipinski definition) is 4. The summed E-state index contributed by atoms with van der Waals surface area (Å²) < 4.78 is 22.8. The average Bonchev–Trinajstić information content (AvgIpc) is 2.46. The van der Waals surface area contributed by atoms with Crippen molar-refractivity contribution in [2.45, 2.75) is 12.5 Å². The fourth-order valence-electron chi connectivity index (χ4n) is 1.01. The van der Waals surface area contributed by atoms with Crippen molar-refractivity contribution >= 4 is 37.1 Å². The number of hydrogen-bond donors (Lipinski definition) is 1. The third kappa shape index (κ3) is 4.08. The Morgan fingerprint density at radius 3 is 2.64 bits per heavy atom. The van der Waals surface area contributed by atoms with Crippen molar-refractivity contribution in [1.29, 1.82) is 0 Å². The van der Waals surface area contributed by atoms with Crippen molar-refractivity contribution < 1.29 is 8.42 Å². The number of sulfone groups is 1. The van der Waals surface area contributed by atoms with Crippen molar-refractivity contribution in [3.05, 3.63) is 20.8 Å². The van der Waals surface area contributed by atoms with E-state index in [1.165, 1.54) is 6.26 Å². The van der Waals surface area contributed by atoms with Gasteiger partial charge in [-0.15, -0.1) is 11.3 Å². The van der Waals surface area contributed by atoms with Crippen molar-refractivity contribution in [3.63, 3.8) is 0 Å². The SMILES string of the molecule is CS(=O)(=O)CCC(N)c1ccc(Br)s1. The molecule has 14 heavy (non-hydrogen) atoms. The first-order chi connectivity index (χ1) is 6.38. The smallest absolute Gasteiger partial charge is 0.147 e. The van der Waals surface area contributed by atoms with Gasteiger partial charge in [-0.3, -0.25) is 0 Å². The lowest BCUT2D eigenvalue weighted by atomic mass is 10.2. The quantitative estimate of drug-likeness (QED) is 0.924. The Hall–Kier alpha value is 0.0900. The Balaban J connectivity index is 2.55. The summed E-state index contributed by atoms with van der Waals surface area (Å²) >= 11 is 4.88. The second-order valence-electron chi connectivity index (χ2n) is 3.17. The highest BCUT2D eigenvalue weighted by Crippen LogP contribution is 2.27.